The Morgan fingerprint density at radius 1 is 0.656 bits per heavy atom. The smallest absolute Gasteiger partial charge is 0.330 e. The van der Waals surface area contributed by atoms with Crippen LogP contribution in [0.2, 0.25) is 0 Å². The van der Waals surface area contributed by atoms with Crippen LogP contribution in [0.3, 0.4) is 0 Å². The van der Waals surface area contributed by atoms with Gasteiger partial charge in [-0.1, -0.05) is 12.1 Å². The van der Waals surface area contributed by atoms with Gasteiger partial charge in [-0.25, -0.2) is 4.79 Å². The van der Waals surface area contributed by atoms with Gasteiger partial charge < -0.3 is 98.9 Å². The summed E-state index contributed by atoms with van der Waals surface area (Å²) in [5, 5.41) is 126. The number of phenolic OH excluding ortho intramolecular Hbond substituents is 4. The van der Waals surface area contributed by atoms with E-state index in [0.717, 1.165) is 30.3 Å². The van der Waals surface area contributed by atoms with E-state index in [1.54, 1.807) is 0 Å². The predicted molar refractivity (Wildman–Crippen MR) is 213 cm³/mol. The average Bonchev–Trinajstić information content (AvgIpc) is 3.26. The largest absolute Gasteiger partial charge is 0.508 e. The first-order valence-electron chi connectivity index (χ1n) is 19.7. The molecule has 7 rings (SSSR count). The average molecular weight is 903 g/mol. The standard InChI is InChI=1S/C42H46O22/c1-15-28(48)32(52)35(55)40(58-15)60-20-12-23(46)27-24(13-20)61-37(18-6-9-21(44)22(45)11-18)38(31(27)51)63-42-39(64-41-36(56)33(53)29(49)16(2)59-41)34(54)30(50)25(62-42)14-57-26(47)10-5-17-3-7-19(43)8-4-17/h3-13,15-16,25,28-30,32-36,39-46,48-50,52-56H,14H2,1-2H3/b10-5+/t15?,16?,25?,28-,29-,30+,32?,33?,34?,35-,36-,39-,40-,41?,42-/m0/s1. The van der Waals surface area contributed by atoms with Gasteiger partial charge in [-0.2, -0.15) is 0 Å². The summed E-state index contributed by atoms with van der Waals surface area (Å²) in [5.74, 6) is -4.65. The third-order valence-corrected chi connectivity index (χ3v) is 10.9. The lowest BCUT2D eigenvalue weighted by Crippen LogP contribution is -2.64. The lowest BCUT2D eigenvalue weighted by Gasteiger charge is -2.45. The maximum Gasteiger partial charge on any atom is 0.330 e. The van der Waals surface area contributed by atoms with E-state index in [4.69, 9.17) is 37.6 Å². The molecule has 64 heavy (non-hydrogen) atoms. The molecule has 0 saturated carbocycles. The van der Waals surface area contributed by atoms with Crippen LogP contribution in [0.15, 0.2) is 69.9 Å². The number of hydrogen-bond acceptors (Lipinski definition) is 22. The topological polar surface area (TPSA) is 355 Å². The quantitative estimate of drug-likeness (QED) is 0.0477. The zero-order chi connectivity index (χ0) is 46.3. The van der Waals surface area contributed by atoms with Crippen molar-refractivity contribution in [3.63, 3.8) is 0 Å². The van der Waals surface area contributed by atoms with E-state index in [2.05, 4.69) is 0 Å². The van der Waals surface area contributed by atoms with Crippen LogP contribution in [-0.4, -0.2) is 166 Å². The van der Waals surface area contributed by atoms with Crippen molar-refractivity contribution in [1.82, 2.24) is 0 Å². The Bertz CT molecular complexity index is 2390. The second-order valence-corrected chi connectivity index (χ2v) is 15.4. The predicted octanol–water partition coefficient (Wildman–Crippen LogP) is -1.22. The van der Waals surface area contributed by atoms with Crippen molar-refractivity contribution < 1.29 is 104 Å². The number of fused-ring (bicyclic) bond motifs is 1. The Labute approximate surface area is 361 Å². The van der Waals surface area contributed by atoms with E-state index in [0.29, 0.717) is 5.56 Å². The summed E-state index contributed by atoms with van der Waals surface area (Å²) >= 11 is 0. The third kappa shape index (κ3) is 9.44. The first-order chi connectivity index (χ1) is 30.3. The van der Waals surface area contributed by atoms with E-state index < -0.39 is 150 Å². The van der Waals surface area contributed by atoms with Crippen molar-refractivity contribution in [1.29, 1.82) is 0 Å². The molecular formula is C42H46O22. The first-order valence-corrected chi connectivity index (χ1v) is 19.7. The maximum absolute atomic E-state index is 14.5. The zero-order valence-corrected chi connectivity index (χ0v) is 33.7. The second-order valence-electron chi connectivity index (χ2n) is 15.4. The number of carbonyl (C=O) groups is 1. The summed E-state index contributed by atoms with van der Waals surface area (Å²) in [6.45, 7) is 2.00. The summed E-state index contributed by atoms with van der Waals surface area (Å²) < 4.78 is 46.0. The Morgan fingerprint density at radius 2 is 1.30 bits per heavy atom. The molecule has 3 fully saturated rings. The number of hydrogen-bond donors (Lipinski definition) is 12. The van der Waals surface area contributed by atoms with Crippen molar-refractivity contribution in [2.45, 2.75) is 106 Å². The maximum atomic E-state index is 14.5. The van der Waals surface area contributed by atoms with Gasteiger partial charge in [0.1, 0.15) is 89.8 Å². The van der Waals surface area contributed by atoms with Crippen LogP contribution < -0.4 is 14.9 Å². The van der Waals surface area contributed by atoms with Crippen molar-refractivity contribution in [2.24, 2.45) is 0 Å². The molecule has 3 aromatic carbocycles. The van der Waals surface area contributed by atoms with Gasteiger partial charge in [0, 0.05) is 23.8 Å². The van der Waals surface area contributed by atoms with E-state index in [1.807, 2.05) is 0 Å². The Morgan fingerprint density at radius 3 is 1.95 bits per heavy atom. The molecule has 22 nitrogen and oxygen atoms in total. The highest BCUT2D eigenvalue weighted by atomic mass is 16.8. The molecule has 0 aliphatic carbocycles. The summed E-state index contributed by atoms with van der Waals surface area (Å²) in [5.41, 5.74) is -1.20. The Hall–Kier alpha value is -5.60. The van der Waals surface area contributed by atoms with Crippen LogP contribution >= 0.6 is 0 Å². The molecule has 3 aliphatic rings. The third-order valence-electron chi connectivity index (χ3n) is 10.9. The van der Waals surface area contributed by atoms with Gasteiger partial charge in [-0.15, -0.1) is 0 Å². The van der Waals surface area contributed by atoms with Crippen LogP contribution in [0.1, 0.15) is 19.4 Å². The molecule has 22 heteroatoms. The van der Waals surface area contributed by atoms with Crippen molar-refractivity contribution in [3.05, 3.63) is 76.5 Å². The monoisotopic (exact) mass is 902 g/mol. The number of esters is 1. The van der Waals surface area contributed by atoms with Crippen LogP contribution in [0.25, 0.3) is 28.4 Å². The summed E-state index contributed by atoms with van der Waals surface area (Å²) in [4.78, 5) is 27.2. The van der Waals surface area contributed by atoms with Gasteiger partial charge in [0.2, 0.25) is 23.8 Å². The summed E-state index contributed by atoms with van der Waals surface area (Å²) in [6.07, 6.45) is -23.1. The van der Waals surface area contributed by atoms with Crippen LogP contribution in [0, 0.1) is 0 Å². The van der Waals surface area contributed by atoms with Gasteiger partial charge >= 0.3 is 5.97 Å². The molecule has 0 bridgehead atoms. The number of aliphatic hydroxyl groups is 8. The molecule has 3 aliphatic heterocycles. The first kappa shape index (κ1) is 46.4. The number of phenols is 4. The summed E-state index contributed by atoms with van der Waals surface area (Å²) in [7, 11) is 0. The molecule has 4 aromatic rings. The van der Waals surface area contributed by atoms with Gasteiger partial charge in [0.05, 0.1) is 12.2 Å². The molecule has 4 heterocycles. The normalized spacial score (nSPS) is 33.2. The highest BCUT2D eigenvalue weighted by Gasteiger charge is 2.52. The van der Waals surface area contributed by atoms with Crippen molar-refractivity contribution in [3.8, 4) is 45.8 Å². The zero-order valence-electron chi connectivity index (χ0n) is 33.7. The number of ether oxygens (including phenoxy) is 7. The van der Waals surface area contributed by atoms with E-state index in [-0.39, 0.29) is 17.1 Å². The molecule has 0 spiro atoms. The van der Waals surface area contributed by atoms with Crippen LogP contribution in [0.4, 0.5) is 0 Å². The number of benzene rings is 3. The molecule has 0 radical (unpaired) electrons. The number of rotatable bonds is 11. The second kappa shape index (κ2) is 18.9. The highest BCUT2D eigenvalue weighted by molar-refractivity contribution is 5.89. The van der Waals surface area contributed by atoms with Crippen molar-refractivity contribution >= 4 is 23.0 Å². The number of carbonyl (C=O) groups excluding carboxylic acids is 1. The molecule has 3 saturated heterocycles. The fourth-order valence-corrected chi connectivity index (χ4v) is 7.17. The minimum absolute atomic E-state index is 0.00868. The fraction of sp³-hybridized carbons (Fsp3) is 0.429. The molecule has 346 valence electrons. The molecule has 0 amide bonds. The van der Waals surface area contributed by atoms with E-state index >= 15 is 0 Å². The van der Waals surface area contributed by atoms with Gasteiger partial charge in [-0.3, -0.25) is 4.79 Å². The molecule has 12 N–H and O–H groups in total. The summed E-state index contributed by atoms with van der Waals surface area (Å²) in [6, 6.07) is 11.0. The SMILES string of the molecule is CC1OC(O[C@H]2C(O)[C@H](O)C(COC(=O)/C=C/c3ccc(O)cc3)O[C@H]2Oc2c(-c3ccc(O)c(O)c3)oc3cc(O[C@@H]4OC(C)[C@H](O)C(O)[C@@H]4O)cc(O)c3c2=O)[C@@H](O)C(O)[C@H]1O. The van der Waals surface area contributed by atoms with Gasteiger partial charge in [0.15, 0.2) is 29.7 Å². The minimum Gasteiger partial charge on any atom is -0.508 e. The fourth-order valence-electron chi connectivity index (χ4n) is 7.17. The number of aliphatic hydroxyl groups excluding tert-OH is 8. The van der Waals surface area contributed by atoms with E-state index in [1.165, 1.54) is 50.3 Å². The van der Waals surface area contributed by atoms with Crippen LogP contribution in [-0.2, 0) is 28.5 Å². The highest BCUT2D eigenvalue weighted by Crippen LogP contribution is 2.41. The van der Waals surface area contributed by atoms with Crippen molar-refractivity contribution in [2.75, 3.05) is 6.61 Å². The number of aromatic hydroxyl groups is 4. The van der Waals surface area contributed by atoms with Crippen LogP contribution in [0.5, 0.6) is 34.5 Å². The lowest BCUT2D eigenvalue weighted by atomic mass is 9.97. The Balaban J connectivity index is 1.26. The molecule has 7 unspecified atom stereocenters. The molecular weight excluding hydrogens is 856 g/mol. The molecule has 15 atom stereocenters. The molecule has 1 aromatic heterocycles. The van der Waals surface area contributed by atoms with E-state index in [9.17, 15) is 70.9 Å². The Kier molecular flexibility index (Phi) is 13.7. The lowest BCUT2D eigenvalue weighted by molar-refractivity contribution is -0.354. The minimum atomic E-state index is -2.08. The van der Waals surface area contributed by atoms with Gasteiger partial charge in [-0.05, 0) is 55.8 Å². The van der Waals surface area contributed by atoms with Gasteiger partial charge in [0.25, 0.3) is 0 Å².